The molecule has 2 N–H and O–H groups in total. The maximum absolute atomic E-state index is 12.1. The summed E-state index contributed by atoms with van der Waals surface area (Å²) in [6, 6.07) is 5.54. The van der Waals surface area contributed by atoms with Crippen LogP contribution in [0.2, 0.25) is 0 Å². The van der Waals surface area contributed by atoms with Gasteiger partial charge in [-0.1, -0.05) is 5.16 Å². The number of fused-ring (bicyclic) bond motifs is 1. The van der Waals surface area contributed by atoms with E-state index in [-0.39, 0.29) is 11.8 Å². The third-order valence-electron chi connectivity index (χ3n) is 3.68. The summed E-state index contributed by atoms with van der Waals surface area (Å²) in [6.07, 6.45) is 0.936. The molecule has 3 rings (SSSR count). The molecular weight excluding hydrogens is 314 g/mol. The first-order valence-electron chi connectivity index (χ1n) is 7.31. The summed E-state index contributed by atoms with van der Waals surface area (Å²) >= 11 is 1.49. The molecule has 2 amide bonds. The number of benzene rings is 1. The number of hydrogen-bond donors (Lipinski definition) is 2. The number of nitrogens with one attached hydrogen (secondary N) is 2. The molecule has 23 heavy (non-hydrogen) atoms. The number of hydrogen-bond acceptors (Lipinski definition) is 5. The molecule has 0 saturated carbocycles. The first-order chi connectivity index (χ1) is 11.0. The maximum Gasteiger partial charge on any atom is 0.234 e. The van der Waals surface area contributed by atoms with E-state index in [0.717, 1.165) is 27.6 Å². The van der Waals surface area contributed by atoms with Crippen LogP contribution in [0.25, 0.3) is 0 Å². The van der Waals surface area contributed by atoms with E-state index in [0.29, 0.717) is 24.3 Å². The number of nitrogens with zero attached hydrogens (tertiary/aromatic N) is 1. The lowest BCUT2D eigenvalue weighted by Gasteiger charge is -2.17. The zero-order chi connectivity index (χ0) is 16.4. The normalized spacial score (nSPS) is 13.4. The van der Waals surface area contributed by atoms with Gasteiger partial charge in [-0.15, -0.1) is 11.8 Å². The first kappa shape index (κ1) is 15.6. The van der Waals surface area contributed by atoms with Crippen molar-refractivity contribution in [3.05, 3.63) is 35.2 Å². The van der Waals surface area contributed by atoms with Gasteiger partial charge in [0.1, 0.15) is 5.76 Å². The largest absolute Gasteiger partial charge is 0.361 e. The number of carbonyl (C=O) groups excluding carboxylic acids is 2. The van der Waals surface area contributed by atoms with Gasteiger partial charge < -0.3 is 15.2 Å². The fourth-order valence-corrected chi connectivity index (χ4v) is 3.27. The van der Waals surface area contributed by atoms with Crippen LogP contribution in [0.5, 0.6) is 0 Å². The zero-order valence-corrected chi connectivity index (χ0v) is 13.8. The van der Waals surface area contributed by atoms with Crippen LogP contribution < -0.4 is 10.6 Å². The van der Waals surface area contributed by atoms with Crippen LogP contribution in [0.15, 0.2) is 27.6 Å². The lowest BCUT2D eigenvalue weighted by atomic mass is 10.1. The van der Waals surface area contributed by atoms with Gasteiger partial charge in [0.15, 0.2) is 0 Å². The number of thioether (sulfide) groups is 1. The van der Waals surface area contributed by atoms with Gasteiger partial charge in [0, 0.05) is 22.6 Å². The summed E-state index contributed by atoms with van der Waals surface area (Å²) < 4.78 is 5.09. The Morgan fingerprint density at radius 3 is 3.00 bits per heavy atom. The molecular formula is C16H17N3O3S. The second kappa shape index (κ2) is 6.45. The molecule has 0 spiro atoms. The van der Waals surface area contributed by atoms with Crippen LogP contribution in [0.3, 0.4) is 0 Å². The van der Waals surface area contributed by atoms with Gasteiger partial charge in [-0.2, -0.15) is 0 Å². The monoisotopic (exact) mass is 331 g/mol. The van der Waals surface area contributed by atoms with E-state index in [4.69, 9.17) is 4.52 Å². The molecule has 0 fully saturated rings. The lowest BCUT2D eigenvalue weighted by Crippen LogP contribution is -2.19. The van der Waals surface area contributed by atoms with Crippen molar-refractivity contribution in [3.8, 4) is 0 Å². The first-order valence-corrected chi connectivity index (χ1v) is 8.30. The number of anilines is 2. The smallest absolute Gasteiger partial charge is 0.234 e. The summed E-state index contributed by atoms with van der Waals surface area (Å²) in [5.74, 6) is 1.07. The molecule has 0 aliphatic carbocycles. The van der Waals surface area contributed by atoms with Gasteiger partial charge in [0.05, 0.1) is 17.1 Å². The molecule has 0 atom stereocenters. The van der Waals surface area contributed by atoms with E-state index in [2.05, 4.69) is 15.8 Å². The topological polar surface area (TPSA) is 84.2 Å². The molecule has 0 unspecified atom stereocenters. The standard InChI is InChI=1S/C16H17N3O3S/c1-9-12(10(2)22-19-9)4-6-15(20)17-11-3-5-14-13(7-11)18-16(21)8-23-14/h3,5,7H,4,6,8H2,1-2H3,(H,17,20)(H,18,21). The summed E-state index contributed by atoms with van der Waals surface area (Å²) in [5, 5.41) is 9.55. The average Bonchev–Trinajstić information content (AvgIpc) is 2.83. The molecule has 0 bridgehead atoms. The molecule has 1 aromatic carbocycles. The molecule has 6 nitrogen and oxygen atoms in total. The second-order valence-corrected chi connectivity index (χ2v) is 6.42. The summed E-state index contributed by atoms with van der Waals surface area (Å²) in [6.45, 7) is 3.71. The fourth-order valence-electron chi connectivity index (χ4n) is 2.48. The zero-order valence-electron chi connectivity index (χ0n) is 12.9. The van der Waals surface area contributed by atoms with Crippen molar-refractivity contribution in [2.75, 3.05) is 16.4 Å². The van der Waals surface area contributed by atoms with Crippen LogP contribution in [0, 0.1) is 13.8 Å². The fraction of sp³-hybridized carbons (Fsp3) is 0.312. The Hall–Kier alpha value is -2.28. The molecule has 1 aliphatic rings. The highest BCUT2D eigenvalue weighted by molar-refractivity contribution is 8.00. The molecule has 1 aliphatic heterocycles. The van der Waals surface area contributed by atoms with E-state index in [1.54, 1.807) is 6.07 Å². The number of carbonyl (C=O) groups is 2. The maximum atomic E-state index is 12.1. The van der Waals surface area contributed by atoms with E-state index >= 15 is 0 Å². The Morgan fingerprint density at radius 1 is 1.43 bits per heavy atom. The van der Waals surface area contributed by atoms with Crippen molar-refractivity contribution >= 4 is 35.0 Å². The van der Waals surface area contributed by atoms with Gasteiger partial charge in [0.25, 0.3) is 0 Å². The van der Waals surface area contributed by atoms with Gasteiger partial charge in [0.2, 0.25) is 11.8 Å². The third-order valence-corrected chi connectivity index (χ3v) is 4.75. The van der Waals surface area contributed by atoms with Crippen LogP contribution in [0.4, 0.5) is 11.4 Å². The van der Waals surface area contributed by atoms with Crippen LogP contribution in [-0.2, 0) is 16.0 Å². The number of amides is 2. The van der Waals surface area contributed by atoms with Crippen molar-refractivity contribution < 1.29 is 14.1 Å². The summed E-state index contributed by atoms with van der Waals surface area (Å²) in [5.41, 5.74) is 3.23. The van der Waals surface area contributed by atoms with Crippen molar-refractivity contribution in [2.45, 2.75) is 31.6 Å². The van der Waals surface area contributed by atoms with Gasteiger partial charge in [-0.3, -0.25) is 9.59 Å². The predicted octanol–water partition coefficient (Wildman–Crippen LogP) is 2.91. The molecule has 2 heterocycles. The van der Waals surface area contributed by atoms with E-state index in [1.165, 1.54) is 11.8 Å². The second-order valence-electron chi connectivity index (χ2n) is 5.40. The third kappa shape index (κ3) is 3.56. The van der Waals surface area contributed by atoms with E-state index < -0.39 is 0 Å². The van der Waals surface area contributed by atoms with Crippen LogP contribution in [0.1, 0.15) is 23.4 Å². The summed E-state index contributed by atoms with van der Waals surface area (Å²) in [7, 11) is 0. The number of aryl methyl sites for hydroxylation is 2. The molecule has 0 radical (unpaired) electrons. The molecule has 2 aromatic rings. The number of rotatable bonds is 4. The minimum absolute atomic E-state index is 0.0237. The summed E-state index contributed by atoms with van der Waals surface area (Å²) in [4.78, 5) is 24.5. The van der Waals surface area contributed by atoms with E-state index in [1.807, 2.05) is 26.0 Å². The molecule has 120 valence electrons. The van der Waals surface area contributed by atoms with E-state index in [9.17, 15) is 9.59 Å². The Balaban J connectivity index is 1.62. The Kier molecular flexibility index (Phi) is 4.38. The molecule has 1 aromatic heterocycles. The lowest BCUT2D eigenvalue weighted by molar-refractivity contribution is -0.116. The van der Waals surface area contributed by atoms with Gasteiger partial charge in [-0.05, 0) is 38.5 Å². The van der Waals surface area contributed by atoms with Crippen molar-refractivity contribution in [1.82, 2.24) is 5.16 Å². The SMILES string of the molecule is Cc1noc(C)c1CCC(=O)Nc1ccc2c(c1)NC(=O)CS2. The van der Waals surface area contributed by atoms with Gasteiger partial charge >= 0.3 is 0 Å². The highest BCUT2D eigenvalue weighted by atomic mass is 32.2. The predicted molar refractivity (Wildman–Crippen MR) is 88.7 cm³/mol. The quantitative estimate of drug-likeness (QED) is 0.900. The van der Waals surface area contributed by atoms with Crippen LogP contribution >= 0.6 is 11.8 Å². The Morgan fingerprint density at radius 2 is 2.26 bits per heavy atom. The minimum atomic E-state index is -0.0836. The van der Waals surface area contributed by atoms with Crippen molar-refractivity contribution in [1.29, 1.82) is 0 Å². The average molecular weight is 331 g/mol. The Bertz CT molecular complexity index is 750. The highest BCUT2D eigenvalue weighted by Gasteiger charge is 2.16. The van der Waals surface area contributed by atoms with Crippen molar-refractivity contribution in [3.63, 3.8) is 0 Å². The minimum Gasteiger partial charge on any atom is -0.361 e. The number of aromatic nitrogens is 1. The molecule has 7 heteroatoms. The Labute approximate surface area is 138 Å². The van der Waals surface area contributed by atoms with Crippen molar-refractivity contribution in [2.24, 2.45) is 0 Å². The highest BCUT2D eigenvalue weighted by Crippen LogP contribution is 2.33. The van der Waals surface area contributed by atoms with Crippen LogP contribution in [-0.4, -0.2) is 22.7 Å². The molecule has 0 saturated heterocycles. The van der Waals surface area contributed by atoms with Gasteiger partial charge in [-0.25, -0.2) is 0 Å².